The molecule has 0 radical (unpaired) electrons. The van der Waals surface area contributed by atoms with E-state index in [0.717, 1.165) is 18.4 Å². The minimum atomic E-state index is -3.66. The Balaban J connectivity index is 3.14. The first kappa shape index (κ1) is 17.4. The molecular formula is C15H21N3O2S. The zero-order chi connectivity index (χ0) is 16.1. The van der Waals surface area contributed by atoms with E-state index in [1.807, 2.05) is 13.0 Å². The summed E-state index contributed by atoms with van der Waals surface area (Å²) in [5.41, 5.74) is 1.45. The van der Waals surface area contributed by atoms with E-state index in [9.17, 15) is 13.7 Å². The number of sulfonamides is 1. The normalized spacial score (nSPS) is 25.5. The number of allylic oxidation sites excluding steroid dienone is 3. The third-order valence-corrected chi connectivity index (χ3v) is 6.23. The number of nitrogens with zero attached hydrogens (tertiary/aromatic N) is 2. The molecule has 0 amide bonds. The van der Waals surface area contributed by atoms with Crippen LogP contribution in [-0.4, -0.2) is 19.7 Å². The molecule has 1 aliphatic carbocycles. The maximum Gasteiger partial charge on any atom is 0.221 e. The Hall–Kier alpha value is -1.63. The van der Waals surface area contributed by atoms with Gasteiger partial charge in [0.05, 0.1) is 12.1 Å². The summed E-state index contributed by atoms with van der Waals surface area (Å²) >= 11 is 0. The molecule has 0 spiro atoms. The summed E-state index contributed by atoms with van der Waals surface area (Å²) in [5, 5.41) is 17.9. The van der Waals surface area contributed by atoms with E-state index in [2.05, 4.69) is 10.8 Å². The minimum Gasteiger partial charge on any atom is -0.213 e. The van der Waals surface area contributed by atoms with E-state index in [-0.39, 0.29) is 13.0 Å². The van der Waals surface area contributed by atoms with Crippen LogP contribution in [0, 0.1) is 28.6 Å². The second-order valence-corrected chi connectivity index (χ2v) is 7.52. The first-order valence-corrected chi connectivity index (χ1v) is 8.51. The number of nitrogens with one attached hydrogen (secondary N) is 1. The topological polar surface area (TPSA) is 93.8 Å². The lowest BCUT2D eigenvalue weighted by Gasteiger charge is -2.35. The van der Waals surface area contributed by atoms with Crippen molar-refractivity contribution in [3.63, 3.8) is 0 Å². The van der Waals surface area contributed by atoms with Gasteiger partial charge in [-0.05, 0) is 18.9 Å². The summed E-state index contributed by atoms with van der Waals surface area (Å²) in [6, 6.07) is 4.07. The molecule has 0 aromatic heterocycles. The van der Waals surface area contributed by atoms with Crippen LogP contribution in [0.2, 0.25) is 0 Å². The van der Waals surface area contributed by atoms with Crippen molar-refractivity contribution in [1.29, 1.82) is 10.5 Å². The highest BCUT2D eigenvalue weighted by Gasteiger charge is 2.45. The first-order valence-electron chi connectivity index (χ1n) is 7.02. The molecule has 6 heteroatoms. The van der Waals surface area contributed by atoms with Crippen molar-refractivity contribution >= 4 is 10.0 Å². The second-order valence-electron chi connectivity index (χ2n) is 5.35. The molecule has 0 saturated carbocycles. The minimum absolute atomic E-state index is 0.0857. The van der Waals surface area contributed by atoms with Gasteiger partial charge in [-0.25, -0.2) is 13.1 Å². The van der Waals surface area contributed by atoms with Gasteiger partial charge in [-0.3, -0.25) is 0 Å². The van der Waals surface area contributed by atoms with Crippen molar-refractivity contribution in [1.82, 2.24) is 4.72 Å². The molecule has 21 heavy (non-hydrogen) atoms. The summed E-state index contributed by atoms with van der Waals surface area (Å²) in [6.45, 7) is 5.49. The zero-order valence-corrected chi connectivity index (χ0v) is 13.5. The van der Waals surface area contributed by atoms with Crippen molar-refractivity contribution in [3.8, 4) is 12.1 Å². The Bertz CT molecular complexity index is 635. The molecule has 0 aliphatic heterocycles. The molecule has 0 heterocycles. The number of hydrogen-bond donors (Lipinski definition) is 1. The predicted octanol–water partition coefficient (Wildman–Crippen LogP) is 2.40. The lowest BCUT2D eigenvalue weighted by atomic mass is 9.80. The Morgan fingerprint density at radius 2 is 2.10 bits per heavy atom. The molecule has 0 aromatic rings. The Morgan fingerprint density at radius 3 is 2.62 bits per heavy atom. The molecule has 0 bridgehead atoms. The lowest BCUT2D eigenvalue weighted by Crippen LogP contribution is -2.49. The summed E-state index contributed by atoms with van der Waals surface area (Å²) in [5.74, 6) is -0.423. The average Bonchev–Trinajstić information content (AvgIpc) is 2.43. The van der Waals surface area contributed by atoms with Gasteiger partial charge in [0, 0.05) is 24.5 Å². The molecule has 0 saturated heterocycles. The van der Waals surface area contributed by atoms with E-state index in [1.165, 1.54) is 0 Å². The smallest absolute Gasteiger partial charge is 0.213 e. The fourth-order valence-corrected chi connectivity index (χ4v) is 3.95. The van der Waals surface area contributed by atoms with Crippen molar-refractivity contribution in [2.24, 2.45) is 5.92 Å². The van der Waals surface area contributed by atoms with Gasteiger partial charge < -0.3 is 0 Å². The third kappa shape index (κ3) is 3.34. The van der Waals surface area contributed by atoms with Crippen LogP contribution in [0.3, 0.4) is 0 Å². The Morgan fingerprint density at radius 1 is 1.43 bits per heavy atom. The maximum atomic E-state index is 12.5. The van der Waals surface area contributed by atoms with Gasteiger partial charge in [-0.2, -0.15) is 10.5 Å². The molecule has 0 fully saturated rings. The van der Waals surface area contributed by atoms with Gasteiger partial charge in [-0.15, -0.1) is 0 Å². The fraction of sp³-hybridized carbons (Fsp3) is 0.600. The SMILES string of the molecule is CCCC1=C(C#N)C(C)C(C)(S(=O)(=O)NCCC#N)C=C1. The van der Waals surface area contributed by atoms with Crippen molar-refractivity contribution < 1.29 is 8.42 Å². The van der Waals surface area contributed by atoms with Gasteiger partial charge in [0.15, 0.2) is 0 Å². The summed E-state index contributed by atoms with van der Waals surface area (Å²) in [4.78, 5) is 0. The van der Waals surface area contributed by atoms with Gasteiger partial charge >= 0.3 is 0 Å². The summed E-state index contributed by atoms with van der Waals surface area (Å²) in [6.07, 6.45) is 5.21. The number of rotatable bonds is 6. The van der Waals surface area contributed by atoms with Crippen LogP contribution in [0.4, 0.5) is 0 Å². The van der Waals surface area contributed by atoms with Crippen LogP contribution in [-0.2, 0) is 10.0 Å². The van der Waals surface area contributed by atoms with E-state index in [4.69, 9.17) is 5.26 Å². The van der Waals surface area contributed by atoms with E-state index in [0.29, 0.717) is 5.57 Å². The molecule has 114 valence electrons. The van der Waals surface area contributed by atoms with Crippen LogP contribution in [0.5, 0.6) is 0 Å². The molecular weight excluding hydrogens is 286 g/mol. The predicted molar refractivity (Wildman–Crippen MR) is 81.4 cm³/mol. The lowest BCUT2D eigenvalue weighted by molar-refractivity contribution is 0.491. The fourth-order valence-electron chi connectivity index (χ4n) is 2.44. The monoisotopic (exact) mass is 307 g/mol. The number of hydrogen-bond acceptors (Lipinski definition) is 4. The van der Waals surface area contributed by atoms with E-state index >= 15 is 0 Å². The summed E-state index contributed by atoms with van der Waals surface area (Å²) in [7, 11) is -3.66. The van der Waals surface area contributed by atoms with Gasteiger partial charge in [0.2, 0.25) is 10.0 Å². The molecule has 5 nitrogen and oxygen atoms in total. The van der Waals surface area contributed by atoms with Crippen LogP contribution < -0.4 is 4.72 Å². The molecule has 2 unspecified atom stereocenters. The standard InChI is InChI=1S/C15H21N3O2S/c1-4-6-13-7-8-15(3,12(2)14(13)11-17)21(19,20)18-10-5-9-16/h7-8,12,18H,4-6,10H2,1-3H3. The molecule has 0 aromatic carbocycles. The molecule has 1 N–H and O–H groups in total. The van der Waals surface area contributed by atoms with Crippen molar-refractivity contribution in [3.05, 3.63) is 23.3 Å². The summed E-state index contributed by atoms with van der Waals surface area (Å²) < 4.78 is 26.3. The number of nitriles is 2. The van der Waals surface area contributed by atoms with Gasteiger partial charge in [0.1, 0.15) is 4.75 Å². The zero-order valence-electron chi connectivity index (χ0n) is 12.7. The quantitative estimate of drug-likeness (QED) is 0.762. The highest BCUT2D eigenvalue weighted by molar-refractivity contribution is 7.91. The van der Waals surface area contributed by atoms with E-state index in [1.54, 1.807) is 26.0 Å². The molecule has 1 aliphatic rings. The average molecular weight is 307 g/mol. The Kier molecular flexibility index (Phi) is 5.71. The third-order valence-electron chi connectivity index (χ3n) is 4.00. The Labute approximate surface area is 127 Å². The van der Waals surface area contributed by atoms with Crippen LogP contribution in [0.25, 0.3) is 0 Å². The largest absolute Gasteiger partial charge is 0.221 e. The second kappa shape index (κ2) is 6.89. The maximum absolute atomic E-state index is 12.5. The van der Waals surface area contributed by atoms with Crippen molar-refractivity contribution in [2.45, 2.75) is 44.8 Å². The van der Waals surface area contributed by atoms with Gasteiger partial charge in [-0.1, -0.05) is 32.4 Å². The highest BCUT2D eigenvalue weighted by atomic mass is 32.2. The van der Waals surface area contributed by atoms with Crippen molar-refractivity contribution in [2.75, 3.05) is 6.54 Å². The molecule has 1 rings (SSSR count). The van der Waals surface area contributed by atoms with Crippen LogP contribution >= 0.6 is 0 Å². The molecule has 2 atom stereocenters. The van der Waals surface area contributed by atoms with Gasteiger partial charge in [0.25, 0.3) is 0 Å². The highest BCUT2D eigenvalue weighted by Crippen LogP contribution is 2.39. The van der Waals surface area contributed by atoms with Crippen LogP contribution in [0.15, 0.2) is 23.3 Å². The van der Waals surface area contributed by atoms with Crippen LogP contribution in [0.1, 0.15) is 40.0 Å². The first-order chi connectivity index (χ1) is 9.84. The van der Waals surface area contributed by atoms with E-state index < -0.39 is 20.7 Å².